The molecule has 0 aliphatic carbocycles. The van der Waals surface area contributed by atoms with Crippen molar-refractivity contribution in [3.05, 3.63) is 22.6 Å². The van der Waals surface area contributed by atoms with Gasteiger partial charge in [0.15, 0.2) is 0 Å². The minimum absolute atomic E-state index is 0.661. The molecule has 0 saturated carbocycles. The van der Waals surface area contributed by atoms with Crippen molar-refractivity contribution in [2.24, 2.45) is 0 Å². The highest BCUT2D eigenvalue weighted by molar-refractivity contribution is 9.10. The molecule has 1 saturated heterocycles. The third kappa shape index (κ3) is 3.09. The topological polar surface area (TPSA) is 28.4 Å². The summed E-state index contributed by atoms with van der Waals surface area (Å²) in [7, 11) is 0. The molecule has 1 aromatic heterocycles. The van der Waals surface area contributed by atoms with Crippen molar-refractivity contribution in [3.8, 4) is 0 Å². The van der Waals surface area contributed by atoms with Crippen LogP contribution in [0.3, 0.4) is 0 Å². The largest absolute Gasteiger partial charge is 0.467 e. The summed E-state index contributed by atoms with van der Waals surface area (Å²) in [5.74, 6) is 1.03. The van der Waals surface area contributed by atoms with Gasteiger partial charge in [0, 0.05) is 12.6 Å². The van der Waals surface area contributed by atoms with Gasteiger partial charge >= 0.3 is 0 Å². The van der Waals surface area contributed by atoms with Crippen LogP contribution in [0.5, 0.6) is 0 Å². The fourth-order valence-corrected chi connectivity index (χ4v) is 2.50. The van der Waals surface area contributed by atoms with Gasteiger partial charge in [-0.05, 0) is 47.9 Å². The summed E-state index contributed by atoms with van der Waals surface area (Å²) >= 11 is 3.50. The van der Waals surface area contributed by atoms with E-state index in [1.54, 1.807) is 6.26 Å². The molecular formula is C12H19BrN2O. The van der Waals surface area contributed by atoms with Crippen LogP contribution in [0.2, 0.25) is 0 Å². The summed E-state index contributed by atoms with van der Waals surface area (Å²) < 4.78 is 6.53. The number of nitrogens with zero attached hydrogens (tertiary/aromatic N) is 1. The Balaban J connectivity index is 1.87. The highest BCUT2D eigenvalue weighted by Crippen LogP contribution is 2.19. The van der Waals surface area contributed by atoms with E-state index in [1.165, 1.54) is 19.4 Å². The molecule has 90 valence electrons. The van der Waals surface area contributed by atoms with Crippen LogP contribution in [0.4, 0.5) is 0 Å². The predicted octanol–water partition coefficient (Wildman–Crippen LogP) is 2.62. The molecule has 1 aromatic rings. The van der Waals surface area contributed by atoms with Crippen molar-refractivity contribution >= 4 is 15.9 Å². The Hall–Kier alpha value is -0.320. The Morgan fingerprint density at radius 1 is 1.62 bits per heavy atom. The molecule has 1 N–H and O–H groups in total. The van der Waals surface area contributed by atoms with Crippen molar-refractivity contribution in [2.75, 3.05) is 19.6 Å². The first-order valence-corrected chi connectivity index (χ1v) is 6.76. The monoisotopic (exact) mass is 286 g/mol. The van der Waals surface area contributed by atoms with Crippen molar-refractivity contribution in [1.29, 1.82) is 0 Å². The third-order valence-corrected chi connectivity index (χ3v) is 3.85. The molecule has 1 aliphatic heterocycles. The van der Waals surface area contributed by atoms with E-state index in [9.17, 15) is 0 Å². The molecule has 1 atom stereocenters. The zero-order chi connectivity index (χ0) is 11.4. The molecule has 0 spiro atoms. The Labute approximate surface area is 105 Å². The first-order valence-electron chi connectivity index (χ1n) is 5.97. The minimum atomic E-state index is 0.661. The van der Waals surface area contributed by atoms with Crippen LogP contribution in [-0.2, 0) is 6.54 Å². The number of halogens is 1. The molecule has 0 radical (unpaired) electrons. The molecule has 4 heteroatoms. The molecule has 2 rings (SSSR count). The summed E-state index contributed by atoms with van der Waals surface area (Å²) in [6, 6.07) is 2.62. The summed E-state index contributed by atoms with van der Waals surface area (Å²) in [5.41, 5.74) is 0. The van der Waals surface area contributed by atoms with Gasteiger partial charge in [-0.1, -0.05) is 6.92 Å². The van der Waals surface area contributed by atoms with Crippen LogP contribution in [0.25, 0.3) is 0 Å². The minimum Gasteiger partial charge on any atom is -0.467 e. The Morgan fingerprint density at radius 2 is 2.50 bits per heavy atom. The van der Waals surface area contributed by atoms with Gasteiger partial charge in [0.25, 0.3) is 0 Å². The second-order valence-electron chi connectivity index (χ2n) is 4.31. The number of nitrogens with one attached hydrogen (secondary N) is 1. The lowest BCUT2D eigenvalue weighted by Crippen LogP contribution is -2.37. The molecule has 16 heavy (non-hydrogen) atoms. The van der Waals surface area contributed by atoms with Crippen LogP contribution < -0.4 is 5.32 Å². The molecule has 1 aliphatic rings. The van der Waals surface area contributed by atoms with Crippen LogP contribution in [0.15, 0.2) is 21.2 Å². The van der Waals surface area contributed by atoms with E-state index in [4.69, 9.17) is 4.42 Å². The highest BCUT2D eigenvalue weighted by atomic mass is 79.9. The van der Waals surface area contributed by atoms with E-state index in [2.05, 4.69) is 33.1 Å². The van der Waals surface area contributed by atoms with Crippen molar-refractivity contribution in [1.82, 2.24) is 10.2 Å². The third-order valence-electron chi connectivity index (χ3n) is 3.15. The van der Waals surface area contributed by atoms with E-state index in [0.717, 1.165) is 29.9 Å². The maximum absolute atomic E-state index is 5.45. The van der Waals surface area contributed by atoms with Gasteiger partial charge in [0.05, 0.1) is 17.3 Å². The maximum atomic E-state index is 5.45. The van der Waals surface area contributed by atoms with E-state index < -0.39 is 0 Å². The number of hydrogen-bond acceptors (Lipinski definition) is 3. The van der Waals surface area contributed by atoms with Gasteiger partial charge in [-0.3, -0.25) is 4.90 Å². The lowest BCUT2D eigenvalue weighted by Gasteiger charge is -2.23. The van der Waals surface area contributed by atoms with Gasteiger partial charge in [-0.25, -0.2) is 0 Å². The number of likely N-dealkylation sites (N-methyl/N-ethyl adjacent to an activating group) is 1. The molecule has 0 bridgehead atoms. The lowest BCUT2D eigenvalue weighted by molar-refractivity contribution is 0.233. The number of rotatable bonds is 5. The van der Waals surface area contributed by atoms with Crippen molar-refractivity contribution < 1.29 is 4.42 Å². The molecule has 1 unspecified atom stereocenters. The zero-order valence-electron chi connectivity index (χ0n) is 9.71. The van der Waals surface area contributed by atoms with Gasteiger partial charge < -0.3 is 9.73 Å². The fourth-order valence-electron chi connectivity index (χ4n) is 2.17. The van der Waals surface area contributed by atoms with Crippen LogP contribution >= 0.6 is 15.9 Å². The van der Waals surface area contributed by atoms with Gasteiger partial charge in [0.2, 0.25) is 0 Å². The average molecular weight is 287 g/mol. The Kier molecular flexibility index (Phi) is 4.44. The zero-order valence-corrected chi connectivity index (χ0v) is 11.3. The van der Waals surface area contributed by atoms with Crippen molar-refractivity contribution in [2.45, 2.75) is 32.4 Å². The number of hydrogen-bond donors (Lipinski definition) is 1. The highest BCUT2D eigenvalue weighted by Gasteiger charge is 2.18. The van der Waals surface area contributed by atoms with Crippen molar-refractivity contribution in [3.63, 3.8) is 0 Å². The Morgan fingerprint density at radius 3 is 3.06 bits per heavy atom. The quantitative estimate of drug-likeness (QED) is 0.902. The average Bonchev–Trinajstić information content (AvgIpc) is 2.90. The summed E-state index contributed by atoms with van der Waals surface area (Å²) in [6.45, 7) is 6.44. The summed E-state index contributed by atoms with van der Waals surface area (Å²) in [5, 5.41) is 3.53. The van der Waals surface area contributed by atoms with E-state index in [0.29, 0.717) is 6.04 Å². The van der Waals surface area contributed by atoms with E-state index in [1.807, 2.05) is 6.07 Å². The molecule has 0 amide bonds. The summed E-state index contributed by atoms with van der Waals surface area (Å²) in [6.07, 6.45) is 4.35. The van der Waals surface area contributed by atoms with Crippen LogP contribution in [0.1, 0.15) is 25.5 Å². The molecule has 3 nitrogen and oxygen atoms in total. The maximum Gasteiger partial charge on any atom is 0.131 e. The predicted molar refractivity (Wildman–Crippen MR) is 68.4 cm³/mol. The molecule has 0 aromatic carbocycles. The van der Waals surface area contributed by atoms with Gasteiger partial charge in [-0.15, -0.1) is 0 Å². The second kappa shape index (κ2) is 5.84. The molecule has 1 fully saturated rings. The first kappa shape index (κ1) is 12.1. The summed E-state index contributed by atoms with van der Waals surface area (Å²) in [4.78, 5) is 2.42. The van der Waals surface area contributed by atoms with Gasteiger partial charge in [0.1, 0.15) is 5.76 Å². The normalized spacial score (nSPS) is 20.8. The first-order chi connectivity index (χ1) is 7.79. The second-order valence-corrected chi connectivity index (χ2v) is 5.17. The SMILES string of the molecule is CCN(Cc1occc1Br)CC1CCCN1. The molecule has 2 heterocycles. The number of furan rings is 1. The fraction of sp³-hybridized carbons (Fsp3) is 0.667. The van der Waals surface area contributed by atoms with Gasteiger partial charge in [-0.2, -0.15) is 0 Å². The molecular weight excluding hydrogens is 268 g/mol. The smallest absolute Gasteiger partial charge is 0.131 e. The van der Waals surface area contributed by atoms with E-state index >= 15 is 0 Å². The van der Waals surface area contributed by atoms with Crippen LogP contribution in [-0.4, -0.2) is 30.6 Å². The Bertz CT molecular complexity index is 321. The standard InChI is InChI=1S/C12H19BrN2O/c1-2-15(8-10-4-3-6-14-10)9-12-11(13)5-7-16-12/h5,7,10,14H,2-4,6,8-9H2,1H3. The van der Waals surface area contributed by atoms with E-state index in [-0.39, 0.29) is 0 Å². The van der Waals surface area contributed by atoms with Crippen LogP contribution in [0, 0.1) is 0 Å². The lowest BCUT2D eigenvalue weighted by atomic mass is 10.2.